The Bertz CT molecular complexity index is 2990. The zero-order valence-electron chi connectivity index (χ0n) is 35.7. The van der Waals surface area contributed by atoms with Crippen molar-refractivity contribution in [2.75, 3.05) is 0 Å². The average Bonchev–Trinajstić information content (AvgIpc) is 3.36. The Morgan fingerprint density at radius 3 is 1.41 bits per heavy atom. The molecule has 1 N–H and O–H groups in total. The maximum atomic E-state index is 5.31. The summed E-state index contributed by atoms with van der Waals surface area (Å²) < 4.78 is 0. The first-order valence-electron chi connectivity index (χ1n) is 21.4. The summed E-state index contributed by atoms with van der Waals surface area (Å²) in [5.74, 6) is 1.92. The fourth-order valence-corrected chi connectivity index (χ4v) is 7.87. The number of nitrogens with one attached hydrogen (secondary N) is 1. The Morgan fingerprint density at radius 1 is 0.444 bits per heavy atom. The van der Waals surface area contributed by atoms with Gasteiger partial charge in [-0.3, -0.25) is 4.99 Å². The van der Waals surface area contributed by atoms with Gasteiger partial charge in [-0.2, -0.15) is 0 Å². The number of aliphatic imine (C=N–C) groups is 1. The number of allylic oxidation sites excluding steroid dienone is 1. The molecule has 0 aliphatic carbocycles. The van der Waals surface area contributed by atoms with Gasteiger partial charge in [0.05, 0.1) is 0 Å². The maximum Gasteiger partial charge on any atom is 0.164 e. The van der Waals surface area contributed by atoms with Crippen molar-refractivity contribution in [1.82, 2.24) is 20.3 Å². The monoisotopic (exact) mass is 813 g/mol. The van der Waals surface area contributed by atoms with Crippen LogP contribution in [0.25, 0.3) is 73.2 Å². The van der Waals surface area contributed by atoms with E-state index in [4.69, 9.17) is 19.9 Å². The smallest absolute Gasteiger partial charge is 0.164 e. The van der Waals surface area contributed by atoms with Crippen LogP contribution in [0.4, 0.5) is 0 Å². The molecule has 9 aromatic rings. The molecular weight excluding hydrogens is 767 g/mol. The lowest BCUT2D eigenvalue weighted by atomic mass is 9.93. The Kier molecular flexibility index (Phi) is 12.0. The van der Waals surface area contributed by atoms with Crippen LogP contribution in [0.1, 0.15) is 42.3 Å². The molecule has 304 valence electrons. The molecule has 1 atom stereocenters. The lowest BCUT2D eigenvalue weighted by Crippen LogP contribution is -2.20. The van der Waals surface area contributed by atoms with Gasteiger partial charge in [0.1, 0.15) is 6.17 Å². The molecule has 5 nitrogen and oxygen atoms in total. The highest BCUT2D eigenvalue weighted by Gasteiger charge is 2.16. The van der Waals surface area contributed by atoms with E-state index in [0.29, 0.717) is 17.5 Å². The molecule has 0 aliphatic rings. The van der Waals surface area contributed by atoms with Crippen molar-refractivity contribution < 1.29 is 0 Å². The number of hydrogen-bond acceptors (Lipinski definition) is 5. The van der Waals surface area contributed by atoms with Crippen molar-refractivity contribution in [3.63, 3.8) is 0 Å². The van der Waals surface area contributed by atoms with Crippen molar-refractivity contribution in [2.24, 2.45) is 4.99 Å². The summed E-state index contributed by atoms with van der Waals surface area (Å²) in [7, 11) is 0. The lowest BCUT2D eigenvalue weighted by Gasteiger charge is -2.20. The van der Waals surface area contributed by atoms with E-state index in [1.807, 2.05) is 72.8 Å². The maximum absolute atomic E-state index is 5.31. The van der Waals surface area contributed by atoms with E-state index in [1.165, 1.54) is 11.1 Å². The van der Waals surface area contributed by atoms with E-state index in [0.717, 1.165) is 72.6 Å². The van der Waals surface area contributed by atoms with E-state index < -0.39 is 0 Å². The van der Waals surface area contributed by atoms with Crippen LogP contribution in [0.3, 0.4) is 0 Å². The zero-order chi connectivity index (χ0) is 43.0. The molecule has 0 radical (unpaired) electrons. The molecule has 0 fully saturated rings. The van der Waals surface area contributed by atoms with Crippen molar-refractivity contribution in [1.29, 1.82) is 0 Å². The largest absolute Gasteiger partial charge is 0.360 e. The molecule has 63 heavy (non-hydrogen) atoms. The Morgan fingerprint density at radius 2 is 0.873 bits per heavy atom. The van der Waals surface area contributed by atoms with Crippen LogP contribution in [0, 0.1) is 6.92 Å². The van der Waals surface area contributed by atoms with Gasteiger partial charge in [-0.05, 0) is 101 Å². The van der Waals surface area contributed by atoms with E-state index in [2.05, 4.69) is 172 Å². The minimum absolute atomic E-state index is 0.269. The molecule has 1 unspecified atom stereocenters. The van der Waals surface area contributed by atoms with Gasteiger partial charge in [0.25, 0.3) is 0 Å². The highest BCUT2D eigenvalue weighted by molar-refractivity contribution is 6.00. The molecule has 9 rings (SSSR count). The topological polar surface area (TPSA) is 63.1 Å². The normalized spacial score (nSPS) is 12.2. The number of rotatable bonds is 12. The number of aromatic nitrogens is 3. The summed E-state index contributed by atoms with van der Waals surface area (Å²) in [6.07, 6.45) is 1.84. The van der Waals surface area contributed by atoms with E-state index in [9.17, 15) is 0 Å². The zero-order valence-corrected chi connectivity index (χ0v) is 35.7. The van der Waals surface area contributed by atoms with Crippen LogP contribution in [0.15, 0.2) is 223 Å². The molecule has 0 amide bonds. The number of hydrogen-bond donors (Lipinski definition) is 1. The third-order valence-electron chi connectivity index (χ3n) is 11.3. The average molecular weight is 814 g/mol. The lowest BCUT2D eigenvalue weighted by molar-refractivity contribution is 0.669. The van der Waals surface area contributed by atoms with Crippen LogP contribution >= 0.6 is 0 Å². The van der Waals surface area contributed by atoms with Gasteiger partial charge >= 0.3 is 0 Å². The third kappa shape index (κ3) is 9.34. The molecule has 1 heterocycles. The summed E-state index contributed by atoms with van der Waals surface area (Å²) in [4.78, 5) is 20.2. The summed E-state index contributed by atoms with van der Waals surface area (Å²) >= 11 is 0. The number of benzene rings is 8. The SMILES string of the molecule is C/C=C(/NC(N=C(C)c1ccc(C)c(-c2cccc(-c3cccc(-c4cccc(-c5nc(-c6ccccc6)nc(-c6ccccc6)n5)c4)c3)c2)c1)c1ccccc1)c1ccccc1. The van der Waals surface area contributed by atoms with Crippen LogP contribution in [-0.4, -0.2) is 20.7 Å². The van der Waals surface area contributed by atoms with E-state index in [-0.39, 0.29) is 6.17 Å². The predicted molar refractivity (Wildman–Crippen MR) is 262 cm³/mol. The van der Waals surface area contributed by atoms with Crippen molar-refractivity contribution in [3.8, 4) is 67.5 Å². The first-order chi connectivity index (χ1) is 31.0. The van der Waals surface area contributed by atoms with Gasteiger partial charge in [-0.1, -0.05) is 194 Å². The van der Waals surface area contributed by atoms with Gasteiger partial charge in [0.15, 0.2) is 17.5 Å². The standard InChI is InChI=1S/C58H47N5/c1-4-54(42-20-9-5-10-21-42)60-55(43-22-11-6-12-23-43)59-41(3)46-35-34-40(2)53(39-46)51-32-18-30-49(37-51)47-28-17-29-48(36-47)50-31-19-33-52(38-50)58-62-56(44-24-13-7-14-25-44)61-57(63-58)45-26-15-8-16-27-45/h4-39,55,60H,1-3H3/b54-4+,59-41?. The van der Waals surface area contributed by atoms with Crippen LogP contribution in [0.2, 0.25) is 0 Å². The third-order valence-corrected chi connectivity index (χ3v) is 11.3. The van der Waals surface area contributed by atoms with Crippen LogP contribution in [0.5, 0.6) is 0 Å². The van der Waals surface area contributed by atoms with Crippen molar-refractivity contribution >= 4 is 11.4 Å². The number of nitrogens with zero attached hydrogens (tertiary/aromatic N) is 4. The molecule has 0 spiro atoms. The molecule has 0 aliphatic heterocycles. The van der Waals surface area contributed by atoms with E-state index >= 15 is 0 Å². The molecule has 0 saturated heterocycles. The Balaban J connectivity index is 1.01. The highest BCUT2D eigenvalue weighted by Crippen LogP contribution is 2.34. The molecule has 0 bridgehead atoms. The van der Waals surface area contributed by atoms with Crippen LogP contribution in [-0.2, 0) is 0 Å². The van der Waals surface area contributed by atoms with Crippen LogP contribution < -0.4 is 5.32 Å². The highest BCUT2D eigenvalue weighted by atomic mass is 15.1. The summed E-state index contributed by atoms with van der Waals surface area (Å²) in [5.41, 5.74) is 16.1. The number of aryl methyl sites for hydroxylation is 1. The van der Waals surface area contributed by atoms with Gasteiger partial charge in [0, 0.05) is 28.1 Å². The summed E-state index contributed by atoms with van der Waals surface area (Å²) in [6, 6.07) is 73.7. The fraction of sp³-hybridized carbons (Fsp3) is 0.0690. The minimum atomic E-state index is -0.269. The first-order valence-corrected chi connectivity index (χ1v) is 21.4. The van der Waals surface area contributed by atoms with Gasteiger partial charge in [-0.25, -0.2) is 15.0 Å². The molecule has 5 heteroatoms. The summed E-state index contributed by atoms with van der Waals surface area (Å²) in [6.45, 7) is 6.34. The Hall–Kier alpha value is -8.02. The van der Waals surface area contributed by atoms with Gasteiger partial charge < -0.3 is 5.32 Å². The predicted octanol–water partition coefficient (Wildman–Crippen LogP) is 14.3. The van der Waals surface area contributed by atoms with Gasteiger partial charge in [0.2, 0.25) is 0 Å². The quantitative estimate of drug-likeness (QED) is 0.125. The molecule has 1 aromatic heterocycles. The second-order valence-electron chi connectivity index (χ2n) is 15.6. The second-order valence-corrected chi connectivity index (χ2v) is 15.6. The molecule has 8 aromatic carbocycles. The summed E-state index contributed by atoms with van der Waals surface area (Å²) in [5, 5.41) is 3.73. The van der Waals surface area contributed by atoms with Crippen molar-refractivity contribution in [2.45, 2.75) is 26.9 Å². The first kappa shape index (κ1) is 40.4. The fourth-order valence-electron chi connectivity index (χ4n) is 7.87. The Labute approximate surface area is 370 Å². The van der Waals surface area contributed by atoms with Gasteiger partial charge in [-0.15, -0.1) is 0 Å². The molecule has 0 saturated carbocycles. The van der Waals surface area contributed by atoms with Crippen molar-refractivity contribution in [3.05, 3.63) is 241 Å². The minimum Gasteiger partial charge on any atom is -0.360 e. The molecular formula is C58H47N5. The van der Waals surface area contributed by atoms with E-state index in [1.54, 1.807) is 0 Å². The second kappa shape index (κ2) is 18.7.